The van der Waals surface area contributed by atoms with Gasteiger partial charge in [-0.2, -0.15) is 9.78 Å². The standard InChI is InChI=1S/C23H21Br3N4O3/c24-15-6-7-19-16(10-15)23(32)30(22(29-19)14-4-2-1-3-5-14)28-11-13-8-17(25)21(18(26)9-13)33-12-20(27)31/h6-11,14H,1-5,12H2,(H2,27,31). The van der Waals surface area contributed by atoms with E-state index in [2.05, 4.69) is 52.9 Å². The number of nitrogens with zero attached hydrogens (tertiary/aromatic N) is 3. The van der Waals surface area contributed by atoms with E-state index in [1.54, 1.807) is 24.4 Å². The molecule has 33 heavy (non-hydrogen) atoms. The summed E-state index contributed by atoms with van der Waals surface area (Å²) in [6, 6.07) is 9.12. The summed E-state index contributed by atoms with van der Waals surface area (Å²) in [6.07, 6.45) is 7.05. The first-order chi connectivity index (χ1) is 15.8. The maximum Gasteiger partial charge on any atom is 0.282 e. The summed E-state index contributed by atoms with van der Waals surface area (Å²) in [5.74, 6) is 0.790. The van der Waals surface area contributed by atoms with E-state index in [9.17, 15) is 9.59 Å². The first-order valence-electron chi connectivity index (χ1n) is 10.5. The second-order valence-electron chi connectivity index (χ2n) is 7.90. The number of benzene rings is 2. The third-order valence-electron chi connectivity index (χ3n) is 5.51. The quantitative estimate of drug-likeness (QED) is 0.361. The van der Waals surface area contributed by atoms with Crippen LogP contribution in [0.2, 0.25) is 0 Å². The van der Waals surface area contributed by atoms with Gasteiger partial charge in [-0.15, -0.1) is 0 Å². The Balaban J connectivity index is 1.76. The Kier molecular flexibility index (Phi) is 7.65. The van der Waals surface area contributed by atoms with Gasteiger partial charge in [0.2, 0.25) is 0 Å². The lowest BCUT2D eigenvalue weighted by Gasteiger charge is -2.22. The second kappa shape index (κ2) is 10.5. The van der Waals surface area contributed by atoms with Crippen molar-refractivity contribution >= 4 is 70.8 Å². The molecule has 3 aromatic rings. The molecule has 10 heteroatoms. The predicted octanol–water partition coefficient (Wildman–Crippen LogP) is 5.48. The molecule has 0 saturated heterocycles. The third-order valence-corrected chi connectivity index (χ3v) is 7.18. The molecule has 0 unspecified atom stereocenters. The van der Waals surface area contributed by atoms with Gasteiger partial charge in [0.25, 0.3) is 11.5 Å². The van der Waals surface area contributed by atoms with Crippen molar-refractivity contribution in [2.24, 2.45) is 10.8 Å². The van der Waals surface area contributed by atoms with E-state index in [1.165, 1.54) is 11.1 Å². The number of nitrogens with two attached hydrogens (primary N) is 1. The molecule has 2 aromatic carbocycles. The van der Waals surface area contributed by atoms with Crippen molar-refractivity contribution in [3.05, 3.63) is 65.5 Å². The molecule has 1 fully saturated rings. The maximum atomic E-state index is 13.4. The number of fused-ring (bicyclic) bond motifs is 1. The number of carbonyl (C=O) groups excluding carboxylic acids is 1. The average molecular weight is 641 g/mol. The molecular formula is C23H21Br3N4O3. The molecule has 1 heterocycles. The molecule has 0 atom stereocenters. The minimum Gasteiger partial charge on any atom is -0.481 e. The minimum atomic E-state index is -0.565. The molecule has 1 saturated carbocycles. The maximum absolute atomic E-state index is 13.4. The normalized spacial score (nSPS) is 14.8. The highest BCUT2D eigenvalue weighted by Gasteiger charge is 2.22. The zero-order valence-electron chi connectivity index (χ0n) is 17.6. The molecule has 0 spiro atoms. The number of aromatic nitrogens is 2. The highest BCUT2D eigenvalue weighted by molar-refractivity contribution is 9.11. The van der Waals surface area contributed by atoms with Crippen molar-refractivity contribution in [1.29, 1.82) is 0 Å². The van der Waals surface area contributed by atoms with Gasteiger partial charge in [0.1, 0.15) is 11.6 Å². The Morgan fingerprint density at radius 2 is 1.85 bits per heavy atom. The molecule has 4 rings (SSSR count). The Hall–Kier alpha value is -2.04. The topological polar surface area (TPSA) is 99.6 Å². The molecule has 7 nitrogen and oxygen atoms in total. The number of hydrogen-bond acceptors (Lipinski definition) is 5. The molecule has 0 aliphatic heterocycles. The fourth-order valence-electron chi connectivity index (χ4n) is 3.96. The van der Waals surface area contributed by atoms with E-state index in [1.807, 2.05) is 12.1 Å². The largest absolute Gasteiger partial charge is 0.481 e. The van der Waals surface area contributed by atoms with Crippen molar-refractivity contribution in [2.75, 3.05) is 6.61 Å². The van der Waals surface area contributed by atoms with Crippen molar-refractivity contribution in [3.8, 4) is 5.75 Å². The van der Waals surface area contributed by atoms with Crippen molar-refractivity contribution < 1.29 is 9.53 Å². The fraction of sp³-hybridized carbons (Fsp3) is 0.304. The van der Waals surface area contributed by atoms with Gasteiger partial charge in [-0.3, -0.25) is 9.59 Å². The molecule has 0 bridgehead atoms. The van der Waals surface area contributed by atoms with Gasteiger partial charge in [-0.1, -0.05) is 35.2 Å². The predicted molar refractivity (Wildman–Crippen MR) is 139 cm³/mol. The van der Waals surface area contributed by atoms with Crippen molar-refractivity contribution in [2.45, 2.75) is 38.0 Å². The summed E-state index contributed by atoms with van der Waals surface area (Å²) < 4.78 is 8.94. The van der Waals surface area contributed by atoms with Crippen LogP contribution < -0.4 is 16.0 Å². The Labute approximate surface area is 215 Å². The highest BCUT2D eigenvalue weighted by atomic mass is 79.9. The number of rotatable bonds is 6. The van der Waals surface area contributed by atoms with Crippen LogP contribution in [0.25, 0.3) is 10.9 Å². The highest BCUT2D eigenvalue weighted by Crippen LogP contribution is 2.35. The Bertz CT molecular complexity index is 1280. The molecule has 1 aromatic heterocycles. The van der Waals surface area contributed by atoms with Gasteiger partial charge >= 0.3 is 0 Å². The van der Waals surface area contributed by atoms with Gasteiger partial charge in [0.05, 0.1) is 26.1 Å². The molecule has 172 valence electrons. The van der Waals surface area contributed by atoms with Crippen LogP contribution in [-0.4, -0.2) is 28.4 Å². The van der Waals surface area contributed by atoms with E-state index in [4.69, 9.17) is 15.5 Å². The van der Waals surface area contributed by atoms with E-state index >= 15 is 0 Å². The number of hydrogen-bond donors (Lipinski definition) is 1. The number of ether oxygens (including phenoxy) is 1. The summed E-state index contributed by atoms with van der Waals surface area (Å²) in [4.78, 5) is 29.3. The monoisotopic (exact) mass is 638 g/mol. The van der Waals surface area contributed by atoms with E-state index in [0.29, 0.717) is 31.4 Å². The molecular weight excluding hydrogens is 620 g/mol. The van der Waals surface area contributed by atoms with Crippen LogP contribution in [0.4, 0.5) is 0 Å². The zero-order chi connectivity index (χ0) is 23.5. The van der Waals surface area contributed by atoms with Gasteiger partial charge in [0.15, 0.2) is 6.61 Å². The third kappa shape index (κ3) is 5.55. The van der Waals surface area contributed by atoms with Crippen LogP contribution in [0.1, 0.15) is 49.4 Å². The van der Waals surface area contributed by atoms with Gasteiger partial charge in [0, 0.05) is 10.4 Å². The Morgan fingerprint density at radius 1 is 1.15 bits per heavy atom. The van der Waals surface area contributed by atoms with E-state index < -0.39 is 5.91 Å². The fourth-order valence-corrected chi connectivity index (χ4v) is 5.77. The van der Waals surface area contributed by atoms with Crippen LogP contribution in [0, 0.1) is 0 Å². The summed E-state index contributed by atoms with van der Waals surface area (Å²) in [6.45, 7) is -0.233. The Morgan fingerprint density at radius 3 is 2.52 bits per heavy atom. The van der Waals surface area contributed by atoms with Crippen LogP contribution in [0.3, 0.4) is 0 Å². The molecule has 2 N–H and O–H groups in total. The molecule has 1 aliphatic carbocycles. The number of halogens is 3. The smallest absolute Gasteiger partial charge is 0.282 e. The lowest BCUT2D eigenvalue weighted by atomic mass is 9.88. The number of carbonyl (C=O) groups is 1. The zero-order valence-corrected chi connectivity index (χ0v) is 22.3. The van der Waals surface area contributed by atoms with Crippen LogP contribution in [-0.2, 0) is 4.79 Å². The van der Waals surface area contributed by atoms with Gasteiger partial charge in [-0.25, -0.2) is 4.98 Å². The molecule has 1 amide bonds. The number of primary amides is 1. The number of amides is 1. The van der Waals surface area contributed by atoms with E-state index in [-0.39, 0.29) is 18.1 Å². The lowest BCUT2D eigenvalue weighted by molar-refractivity contribution is -0.119. The van der Waals surface area contributed by atoms with Gasteiger partial charge < -0.3 is 10.5 Å². The first-order valence-corrected chi connectivity index (χ1v) is 12.9. The molecule has 0 radical (unpaired) electrons. The second-order valence-corrected chi connectivity index (χ2v) is 10.5. The SMILES string of the molecule is NC(=O)COc1c(Br)cc(C=Nn2c(C3CCCCC3)nc3ccc(Br)cc3c2=O)cc1Br. The summed E-state index contributed by atoms with van der Waals surface area (Å²) in [5.41, 5.74) is 6.38. The van der Waals surface area contributed by atoms with Gasteiger partial charge in [-0.05, 0) is 80.6 Å². The van der Waals surface area contributed by atoms with Crippen LogP contribution in [0.15, 0.2) is 53.6 Å². The van der Waals surface area contributed by atoms with E-state index in [0.717, 1.165) is 35.7 Å². The first kappa shape index (κ1) is 24.1. The van der Waals surface area contributed by atoms with Crippen molar-refractivity contribution in [3.63, 3.8) is 0 Å². The average Bonchev–Trinajstić information content (AvgIpc) is 2.78. The summed E-state index contributed by atoms with van der Waals surface area (Å²) in [5, 5.41) is 5.07. The minimum absolute atomic E-state index is 0.194. The van der Waals surface area contributed by atoms with Crippen molar-refractivity contribution in [1.82, 2.24) is 9.66 Å². The lowest BCUT2D eigenvalue weighted by Crippen LogP contribution is -2.25. The summed E-state index contributed by atoms with van der Waals surface area (Å²) >= 11 is 10.3. The van der Waals surface area contributed by atoms with Crippen LogP contribution >= 0.6 is 47.8 Å². The molecule has 1 aliphatic rings. The summed E-state index contributed by atoms with van der Waals surface area (Å²) in [7, 11) is 0. The van der Waals surface area contributed by atoms with Crippen LogP contribution in [0.5, 0.6) is 5.75 Å².